The Hall–Kier alpha value is -0.820. The van der Waals surface area contributed by atoms with E-state index in [4.69, 9.17) is 11.6 Å². The number of benzene rings is 1. The molecule has 0 saturated heterocycles. The van der Waals surface area contributed by atoms with Gasteiger partial charge in [0.05, 0.1) is 0 Å². The lowest BCUT2D eigenvalue weighted by Crippen LogP contribution is -2.31. The maximum Gasteiger partial charge on any atom is 0.143 e. The average Bonchev–Trinajstić information content (AvgIpc) is 2.33. The van der Waals surface area contributed by atoms with Crippen LogP contribution >= 0.6 is 11.6 Å². The van der Waals surface area contributed by atoms with Gasteiger partial charge >= 0.3 is 0 Å². The van der Waals surface area contributed by atoms with Crippen molar-refractivity contribution in [3.05, 3.63) is 34.3 Å². The monoisotopic (exact) mass is 264 g/mol. The van der Waals surface area contributed by atoms with E-state index in [1.54, 1.807) is 0 Å². The molecule has 1 aromatic carbocycles. The van der Waals surface area contributed by atoms with Gasteiger partial charge in [-0.05, 0) is 37.0 Å². The first-order valence-corrected chi connectivity index (χ1v) is 7.17. The molecule has 0 atom stereocenters. The van der Waals surface area contributed by atoms with Crippen molar-refractivity contribution in [1.29, 1.82) is 0 Å². The number of Topliss-reactive ketones (excluding diaryl/α,β-unsaturated/α-hetero) is 1. The molecule has 0 bridgehead atoms. The Bertz CT molecular complexity index is 444. The third kappa shape index (κ3) is 2.95. The van der Waals surface area contributed by atoms with Crippen molar-refractivity contribution in [2.45, 2.75) is 52.4 Å². The van der Waals surface area contributed by atoms with Gasteiger partial charge in [-0.3, -0.25) is 4.79 Å². The van der Waals surface area contributed by atoms with Crippen LogP contribution < -0.4 is 0 Å². The molecule has 0 aliphatic heterocycles. The zero-order valence-corrected chi connectivity index (χ0v) is 12.0. The van der Waals surface area contributed by atoms with Crippen LogP contribution in [0.3, 0.4) is 0 Å². The molecule has 1 nitrogen and oxygen atoms in total. The van der Waals surface area contributed by atoms with Crippen LogP contribution in [0, 0.1) is 12.3 Å². The molecule has 1 aliphatic carbocycles. The summed E-state index contributed by atoms with van der Waals surface area (Å²) in [6, 6.07) is 5.95. The van der Waals surface area contributed by atoms with Crippen molar-refractivity contribution in [2.75, 3.05) is 0 Å². The molecule has 2 heteroatoms. The molecule has 18 heavy (non-hydrogen) atoms. The summed E-state index contributed by atoms with van der Waals surface area (Å²) in [5.74, 6) is 0.355. The first-order valence-electron chi connectivity index (χ1n) is 6.80. The minimum atomic E-state index is -0.119. The molecule has 0 spiro atoms. The van der Waals surface area contributed by atoms with Gasteiger partial charge in [0.2, 0.25) is 0 Å². The Morgan fingerprint density at radius 2 is 1.94 bits per heavy atom. The number of hydrogen-bond donors (Lipinski definition) is 0. The number of carbonyl (C=O) groups excluding carboxylic acids is 1. The van der Waals surface area contributed by atoms with Gasteiger partial charge in [-0.15, -0.1) is 0 Å². The van der Waals surface area contributed by atoms with Crippen LogP contribution in [0.2, 0.25) is 5.02 Å². The highest BCUT2D eigenvalue weighted by atomic mass is 35.5. The number of hydrogen-bond acceptors (Lipinski definition) is 1. The zero-order valence-electron chi connectivity index (χ0n) is 11.3. The fraction of sp³-hybridized carbons (Fsp3) is 0.562. The zero-order chi connectivity index (χ0) is 13.2. The van der Waals surface area contributed by atoms with Crippen molar-refractivity contribution in [3.8, 4) is 0 Å². The number of ketones is 1. The summed E-state index contributed by atoms with van der Waals surface area (Å²) in [4.78, 5) is 12.5. The van der Waals surface area contributed by atoms with E-state index >= 15 is 0 Å². The summed E-state index contributed by atoms with van der Waals surface area (Å²) < 4.78 is 0. The first kappa shape index (κ1) is 13.6. The van der Waals surface area contributed by atoms with Crippen LogP contribution in [-0.4, -0.2) is 5.78 Å². The predicted octanol–water partition coefficient (Wildman–Crippen LogP) is 4.73. The van der Waals surface area contributed by atoms with Crippen molar-refractivity contribution in [1.82, 2.24) is 0 Å². The Kier molecular flexibility index (Phi) is 4.11. The third-order valence-electron chi connectivity index (χ3n) is 4.19. The molecular formula is C16H21ClO. The van der Waals surface area contributed by atoms with Crippen LogP contribution in [-0.2, 0) is 11.2 Å². The van der Waals surface area contributed by atoms with Gasteiger partial charge in [0.25, 0.3) is 0 Å². The smallest absolute Gasteiger partial charge is 0.143 e. The average molecular weight is 265 g/mol. The molecule has 2 rings (SSSR count). The second kappa shape index (κ2) is 5.44. The maximum atomic E-state index is 12.5. The first-order chi connectivity index (χ1) is 8.51. The normalized spacial score (nSPS) is 18.6. The van der Waals surface area contributed by atoms with E-state index in [2.05, 4.69) is 6.92 Å². The molecule has 1 aliphatic rings. The largest absolute Gasteiger partial charge is 0.299 e. The number of carbonyl (C=O) groups is 1. The highest BCUT2D eigenvalue weighted by Crippen LogP contribution is 2.37. The topological polar surface area (TPSA) is 17.1 Å². The highest BCUT2D eigenvalue weighted by molar-refractivity contribution is 6.31. The lowest BCUT2D eigenvalue weighted by atomic mass is 9.71. The van der Waals surface area contributed by atoms with Crippen molar-refractivity contribution < 1.29 is 4.79 Å². The molecule has 0 radical (unpaired) electrons. The molecule has 0 N–H and O–H groups in total. The second-order valence-corrected chi connectivity index (χ2v) is 6.22. The fourth-order valence-electron chi connectivity index (χ4n) is 2.79. The van der Waals surface area contributed by atoms with Crippen molar-refractivity contribution in [2.24, 2.45) is 5.41 Å². The highest BCUT2D eigenvalue weighted by Gasteiger charge is 2.34. The van der Waals surface area contributed by atoms with Gasteiger partial charge in [-0.1, -0.05) is 49.9 Å². The Labute approximate surface area is 115 Å². The number of halogens is 1. The van der Waals surface area contributed by atoms with Crippen LogP contribution in [0.25, 0.3) is 0 Å². The third-order valence-corrected chi connectivity index (χ3v) is 4.54. The van der Waals surface area contributed by atoms with Gasteiger partial charge in [-0.25, -0.2) is 0 Å². The second-order valence-electron chi connectivity index (χ2n) is 5.82. The van der Waals surface area contributed by atoms with Gasteiger partial charge in [-0.2, -0.15) is 0 Å². The Morgan fingerprint density at radius 1 is 1.28 bits per heavy atom. The molecule has 0 amide bonds. The van der Waals surface area contributed by atoms with E-state index < -0.39 is 0 Å². The summed E-state index contributed by atoms with van der Waals surface area (Å²) in [7, 11) is 0. The standard InChI is InChI=1S/C16H21ClO/c1-12-6-7-13(14(17)10-12)11-15(18)16(2)8-4-3-5-9-16/h6-7,10H,3-5,8-9,11H2,1-2H3. The summed E-state index contributed by atoms with van der Waals surface area (Å²) in [6.07, 6.45) is 6.20. The van der Waals surface area contributed by atoms with Gasteiger partial charge < -0.3 is 0 Å². The molecule has 1 saturated carbocycles. The minimum Gasteiger partial charge on any atom is -0.299 e. The molecule has 0 aromatic heterocycles. The summed E-state index contributed by atoms with van der Waals surface area (Å²) in [5, 5.41) is 0.725. The van der Waals surface area contributed by atoms with Crippen LogP contribution in [0.1, 0.15) is 50.2 Å². The number of rotatable bonds is 3. The van der Waals surface area contributed by atoms with Crippen LogP contribution in [0.4, 0.5) is 0 Å². The molecule has 0 heterocycles. The molecule has 1 fully saturated rings. The molecule has 98 valence electrons. The van der Waals surface area contributed by atoms with Crippen molar-refractivity contribution >= 4 is 17.4 Å². The Morgan fingerprint density at radius 3 is 2.56 bits per heavy atom. The van der Waals surface area contributed by atoms with E-state index in [0.29, 0.717) is 12.2 Å². The lowest BCUT2D eigenvalue weighted by Gasteiger charge is -2.32. The fourth-order valence-corrected chi connectivity index (χ4v) is 3.09. The molecular weight excluding hydrogens is 244 g/mol. The van der Waals surface area contributed by atoms with E-state index in [-0.39, 0.29) is 5.41 Å². The van der Waals surface area contributed by atoms with E-state index in [0.717, 1.165) is 29.0 Å². The van der Waals surface area contributed by atoms with E-state index in [1.807, 2.05) is 25.1 Å². The maximum absolute atomic E-state index is 12.5. The summed E-state index contributed by atoms with van der Waals surface area (Å²) >= 11 is 6.21. The summed E-state index contributed by atoms with van der Waals surface area (Å²) in [5.41, 5.74) is 1.99. The number of aryl methyl sites for hydroxylation is 1. The molecule has 1 aromatic rings. The van der Waals surface area contributed by atoms with Gasteiger partial charge in [0, 0.05) is 16.9 Å². The lowest BCUT2D eigenvalue weighted by molar-refractivity contribution is -0.128. The Balaban J connectivity index is 2.11. The van der Waals surface area contributed by atoms with Crippen LogP contribution in [0.5, 0.6) is 0 Å². The van der Waals surface area contributed by atoms with Crippen LogP contribution in [0.15, 0.2) is 18.2 Å². The van der Waals surface area contributed by atoms with E-state index in [1.165, 1.54) is 19.3 Å². The predicted molar refractivity (Wildman–Crippen MR) is 76.1 cm³/mol. The van der Waals surface area contributed by atoms with Gasteiger partial charge in [0.1, 0.15) is 5.78 Å². The quantitative estimate of drug-likeness (QED) is 0.771. The SMILES string of the molecule is Cc1ccc(CC(=O)C2(C)CCCCC2)c(Cl)c1. The van der Waals surface area contributed by atoms with E-state index in [9.17, 15) is 4.79 Å². The molecule has 0 unspecified atom stereocenters. The summed E-state index contributed by atoms with van der Waals surface area (Å²) in [6.45, 7) is 4.14. The minimum absolute atomic E-state index is 0.119. The van der Waals surface area contributed by atoms with Crippen molar-refractivity contribution in [3.63, 3.8) is 0 Å². The van der Waals surface area contributed by atoms with Gasteiger partial charge in [0.15, 0.2) is 0 Å².